The number of nitrogens with zero attached hydrogens (tertiary/aromatic N) is 1. The first kappa shape index (κ1) is 27.2. The van der Waals surface area contributed by atoms with Crippen LogP contribution in [0.5, 0.6) is 5.75 Å². The molecule has 3 rings (SSSR count). The summed E-state index contributed by atoms with van der Waals surface area (Å²) in [7, 11) is -3.50. The number of carbonyl (C=O) groups excluding carboxylic acids is 1. The maximum Gasteiger partial charge on any atom is 0.340 e. The summed E-state index contributed by atoms with van der Waals surface area (Å²) in [5, 5.41) is 6.41. The normalized spacial score (nSPS) is 14.8. The number of aryl methyl sites for hydroxylation is 3. The zero-order chi connectivity index (χ0) is 26.5. The minimum absolute atomic E-state index is 0.0927. The van der Waals surface area contributed by atoms with Crippen LogP contribution in [0.1, 0.15) is 72.1 Å². The molecule has 0 aliphatic heterocycles. The van der Waals surface area contributed by atoms with Crippen LogP contribution in [0.25, 0.3) is 5.57 Å². The molecule has 6 nitrogen and oxygen atoms in total. The molecule has 0 spiro atoms. The number of carbonyl (C=O) groups is 1. The second-order valence-corrected chi connectivity index (χ2v) is 11.3. The maximum atomic E-state index is 13.1. The number of aromatic nitrogens is 1. The molecule has 3 aromatic rings. The Morgan fingerprint density at radius 1 is 1.14 bits per heavy atom. The largest absolute Gasteiger partial charge is 0.423 e. The Labute approximate surface area is 213 Å². The Hall–Kier alpha value is -3.37. The van der Waals surface area contributed by atoms with Gasteiger partial charge in [-0.1, -0.05) is 73.1 Å². The highest BCUT2D eigenvalue weighted by Gasteiger charge is 2.26. The van der Waals surface area contributed by atoms with Gasteiger partial charge in [0.05, 0.1) is 0 Å². The molecule has 0 bridgehead atoms. The Kier molecular flexibility index (Phi) is 8.75. The van der Waals surface area contributed by atoms with E-state index in [1.165, 1.54) is 28.9 Å². The van der Waals surface area contributed by atoms with Gasteiger partial charge in [-0.25, -0.2) is 0 Å². The van der Waals surface area contributed by atoms with E-state index in [0.29, 0.717) is 29.2 Å². The highest BCUT2D eigenvalue weighted by molar-refractivity contribution is 7.57. The number of hydrogen-bond donors (Lipinski definition) is 1. The van der Waals surface area contributed by atoms with E-state index in [2.05, 4.69) is 62.2 Å². The van der Waals surface area contributed by atoms with Crippen molar-refractivity contribution in [2.24, 2.45) is 0 Å². The molecule has 0 fully saturated rings. The van der Waals surface area contributed by atoms with Gasteiger partial charge in [0.2, 0.25) is 0 Å². The van der Waals surface area contributed by atoms with Gasteiger partial charge in [-0.15, -0.1) is 0 Å². The summed E-state index contributed by atoms with van der Waals surface area (Å²) in [5.74, 6) is 0.448. The van der Waals surface area contributed by atoms with Crippen LogP contribution in [-0.4, -0.2) is 17.7 Å². The van der Waals surface area contributed by atoms with E-state index in [9.17, 15) is 9.36 Å². The van der Waals surface area contributed by atoms with Crippen molar-refractivity contribution in [2.45, 2.75) is 53.9 Å². The summed E-state index contributed by atoms with van der Waals surface area (Å²) < 4.78 is 23.9. The van der Waals surface area contributed by atoms with Crippen molar-refractivity contribution in [1.82, 2.24) is 10.2 Å². The lowest BCUT2D eigenvalue weighted by atomic mass is 9.92. The van der Waals surface area contributed by atoms with Crippen molar-refractivity contribution in [2.75, 3.05) is 6.66 Å². The van der Waals surface area contributed by atoms with Gasteiger partial charge in [-0.3, -0.25) is 14.4 Å². The van der Waals surface area contributed by atoms with Gasteiger partial charge in [0, 0.05) is 24.6 Å². The average Bonchev–Trinajstić information content (AvgIpc) is 3.20. The molecule has 2 unspecified atom stereocenters. The molecular formula is C29H35N2O4P. The van der Waals surface area contributed by atoms with E-state index in [0.717, 1.165) is 5.56 Å². The lowest BCUT2D eigenvalue weighted by Gasteiger charge is -2.17. The molecule has 0 saturated heterocycles. The zero-order valence-corrected chi connectivity index (χ0v) is 23.0. The molecule has 7 heteroatoms. The topological polar surface area (TPSA) is 81.4 Å². The summed E-state index contributed by atoms with van der Waals surface area (Å²) in [6.07, 6.45) is 4.79. The summed E-state index contributed by atoms with van der Waals surface area (Å²) in [6.45, 7) is 13.4. The van der Waals surface area contributed by atoms with E-state index >= 15 is 0 Å². The third-order valence-electron chi connectivity index (χ3n) is 6.26. The summed E-state index contributed by atoms with van der Waals surface area (Å²) in [6, 6.07) is 15.7. The molecule has 190 valence electrons. The zero-order valence-electron chi connectivity index (χ0n) is 22.1. The Balaban J connectivity index is 1.74. The molecule has 1 aromatic heterocycles. The van der Waals surface area contributed by atoms with Gasteiger partial charge in [-0.2, -0.15) is 0 Å². The lowest BCUT2D eigenvalue weighted by molar-refractivity contribution is 0.0977. The quantitative estimate of drug-likeness (QED) is 0.238. The number of rotatable bonds is 9. The van der Waals surface area contributed by atoms with Crippen LogP contribution in [-0.2, 0) is 11.0 Å². The molecule has 0 radical (unpaired) electrons. The van der Waals surface area contributed by atoms with E-state index in [1.54, 1.807) is 13.0 Å². The number of nitrogens with one attached hydrogen (secondary N) is 1. The molecule has 2 aromatic carbocycles. The number of hydrogen-bond acceptors (Lipinski definition) is 5. The van der Waals surface area contributed by atoms with Crippen molar-refractivity contribution in [3.05, 3.63) is 100.0 Å². The second-order valence-electron chi connectivity index (χ2n) is 9.17. The monoisotopic (exact) mass is 506 g/mol. The predicted octanol–water partition coefficient (Wildman–Crippen LogP) is 7.64. The highest BCUT2D eigenvalue weighted by atomic mass is 31.2. The molecule has 0 aliphatic rings. The average molecular weight is 507 g/mol. The summed E-state index contributed by atoms with van der Waals surface area (Å²) in [4.78, 5) is 13.0. The number of benzene rings is 2. The van der Waals surface area contributed by atoms with Gasteiger partial charge in [0.25, 0.3) is 5.91 Å². The third kappa shape index (κ3) is 6.64. The molecule has 1 N–H and O–H groups in total. The fourth-order valence-corrected chi connectivity index (χ4v) is 5.04. The van der Waals surface area contributed by atoms with Crippen molar-refractivity contribution >= 4 is 19.0 Å². The summed E-state index contributed by atoms with van der Waals surface area (Å²) in [5.41, 5.74) is 6.74. The van der Waals surface area contributed by atoms with E-state index in [-0.39, 0.29) is 5.92 Å². The smallest absolute Gasteiger partial charge is 0.340 e. The third-order valence-corrected chi connectivity index (χ3v) is 7.40. The molecular weight excluding hydrogens is 471 g/mol. The Morgan fingerprint density at radius 3 is 2.56 bits per heavy atom. The van der Waals surface area contributed by atoms with Crippen molar-refractivity contribution in [1.29, 1.82) is 0 Å². The van der Waals surface area contributed by atoms with Gasteiger partial charge in [0.15, 0.2) is 11.5 Å². The van der Waals surface area contributed by atoms with Crippen LogP contribution >= 0.6 is 7.52 Å². The molecule has 0 saturated carbocycles. The van der Waals surface area contributed by atoms with Crippen molar-refractivity contribution < 1.29 is 18.4 Å². The standard InChI is InChI=1S/C29H35N2O4P/c1-8-27-28(23(6)30-34-27)35-36(7,33)31-29(32)25-14-11-13-24(18-25)22(5)19(2)16-17-21(4)26-15-10-9-12-20(26)3/h9-18,22H,8H2,1-7H3,(H,31,32,33)/b19-16-,21-17+. The number of amides is 1. The summed E-state index contributed by atoms with van der Waals surface area (Å²) >= 11 is 0. The fourth-order valence-electron chi connectivity index (χ4n) is 3.91. The van der Waals surface area contributed by atoms with Crippen LogP contribution in [0.3, 0.4) is 0 Å². The van der Waals surface area contributed by atoms with Gasteiger partial charge < -0.3 is 9.05 Å². The van der Waals surface area contributed by atoms with Crippen LogP contribution in [0.2, 0.25) is 0 Å². The first-order valence-corrected chi connectivity index (χ1v) is 14.2. The molecule has 2 atom stereocenters. The first-order chi connectivity index (χ1) is 17.0. The molecule has 0 aliphatic carbocycles. The molecule has 1 amide bonds. The van der Waals surface area contributed by atoms with Crippen molar-refractivity contribution in [3.8, 4) is 5.75 Å². The highest BCUT2D eigenvalue weighted by Crippen LogP contribution is 2.42. The van der Waals surface area contributed by atoms with Crippen LogP contribution in [0.4, 0.5) is 0 Å². The van der Waals surface area contributed by atoms with Gasteiger partial charge in [0.1, 0.15) is 5.69 Å². The Morgan fingerprint density at radius 2 is 1.86 bits per heavy atom. The number of allylic oxidation sites excluding steroid dienone is 4. The van der Waals surface area contributed by atoms with Crippen LogP contribution in [0, 0.1) is 13.8 Å². The minimum atomic E-state index is -3.50. The van der Waals surface area contributed by atoms with E-state index in [1.807, 2.05) is 37.3 Å². The van der Waals surface area contributed by atoms with E-state index in [4.69, 9.17) is 9.05 Å². The SMILES string of the molecule is CCc1onc(C)c1OP(C)(=O)NC(=O)c1cccc(C(C)/C(C)=C\C=C(/C)c2ccccc2C)c1. The molecule has 36 heavy (non-hydrogen) atoms. The van der Waals surface area contributed by atoms with E-state index < -0.39 is 13.4 Å². The van der Waals surface area contributed by atoms with Crippen LogP contribution < -0.4 is 9.61 Å². The van der Waals surface area contributed by atoms with Crippen molar-refractivity contribution in [3.63, 3.8) is 0 Å². The first-order valence-electron chi connectivity index (χ1n) is 12.1. The van der Waals surface area contributed by atoms with Crippen LogP contribution in [0.15, 0.2) is 70.8 Å². The van der Waals surface area contributed by atoms with Gasteiger partial charge >= 0.3 is 7.52 Å². The molecule has 1 heterocycles. The van der Waals surface area contributed by atoms with Gasteiger partial charge in [-0.05, 0) is 62.1 Å². The second kappa shape index (κ2) is 11.6. The fraction of sp³-hybridized carbons (Fsp3) is 0.310. The minimum Gasteiger partial charge on any atom is -0.423 e. The maximum absolute atomic E-state index is 13.1. The lowest BCUT2D eigenvalue weighted by Crippen LogP contribution is -2.22. The predicted molar refractivity (Wildman–Crippen MR) is 146 cm³/mol. The Bertz CT molecular complexity index is 1350.